The van der Waals surface area contributed by atoms with Crippen molar-refractivity contribution < 1.29 is 0 Å². The third-order valence-corrected chi connectivity index (χ3v) is 4.48. The van der Waals surface area contributed by atoms with Gasteiger partial charge >= 0.3 is 0 Å². The van der Waals surface area contributed by atoms with Gasteiger partial charge in [0, 0.05) is 56.9 Å². The first kappa shape index (κ1) is 15.8. The summed E-state index contributed by atoms with van der Waals surface area (Å²) < 4.78 is 0. The van der Waals surface area contributed by atoms with Gasteiger partial charge in [0.05, 0.1) is 11.4 Å². The molecule has 3 heterocycles. The molecule has 0 unspecified atom stereocenters. The second-order valence-electron chi connectivity index (χ2n) is 6.28. The minimum Gasteiger partial charge on any atom is -0.356 e. The predicted molar refractivity (Wildman–Crippen MR) is 90.2 cm³/mol. The largest absolute Gasteiger partial charge is 0.356 e. The van der Waals surface area contributed by atoms with Crippen LogP contribution in [0.4, 0.5) is 5.82 Å². The van der Waals surface area contributed by atoms with E-state index in [2.05, 4.69) is 36.8 Å². The molecule has 6 heteroatoms. The zero-order chi connectivity index (χ0) is 16.2. The average molecular weight is 312 g/mol. The number of piperidine rings is 1. The molecule has 1 fully saturated rings. The zero-order valence-electron chi connectivity index (χ0n) is 14.1. The normalized spacial score (nSPS) is 16.5. The number of hydrogen-bond acceptors (Lipinski definition) is 6. The van der Waals surface area contributed by atoms with Gasteiger partial charge in [-0.25, -0.2) is 9.97 Å². The Morgan fingerprint density at radius 1 is 1.04 bits per heavy atom. The molecule has 0 spiro atoms. The number of hydrogen-bond donors (Lipinski definition) is 0. The third-order valence-electron chi connectivity index (χ3n) is 4.48. The molecular weight excluding hydrogens is 288 g/mol. The van der Waals surface area contributed by atoms with Crippen molar-refractivity contribution in [1.29, 1.82) is 0 Å². The van der Waals surface area contributed by atoms with E-state index < -0.39 is 0 Å². The van der Waals surface area contributed by atoms with Crippen molar-refractivity contribution in [3.05, 3.63) is 41.9 Å². The lowest BCUT2D eigenvalue weighted by atomic mass is 10.0. The fourth-order valence-electron chi connectivity index (χ4n) is 3.02. The van der Waals surface area contributed by atoms with E-state index in [0.717, 1.165) is 55.4 Å². The number of aryl methyl sites for hydroxylation is 2. The Balaban J connectivity index is 1.54. The van der Waals surface area contributed by atoms with E-state index in [1.165, 1.54) is 0 Å². The molecule has 1 aliphatic heterocycles. The van der Waals surface area contributed by atoms with Crippen molar-refractivity contribution in [1.82, 2.24) is 24.8 Å². The molecule has 122 valence electrons. The van der Waals surface area contributed by atoms with E-state index >= 15 is 0 Å². The third kappa shape index (κ3) is 4.01. The Labute approximate surface area is 137 Å². The van der Waals surface area contributed by atoms with Gasteiger partial charge in [0.15, 0.2) is 0 Å². The maximum absolute atomic E-state index is 4.45. The lowest BCUT2D eigenvalue weighted by Gasteiger charge is -2.37. The number of likely N-dealkylation sites (tertiary alicyclic amines) is 1. The Morgan fingerprint density at radius 3 is 2.48 bits per heavy atom. The molecule has 1 aliphatic rings. The van der Waals surface area contributed by atoms with Crippen LogP contribution in [0.3, 0.4) is 0 Å². The summed E-state index contributed by atoms with van der Waals surface area (Å²) in [6.45, 7) is 7.01. The van der Waals surface area contributed by atoms with E-state index in [1.54, 1.807) is 6.33 Å². The van der Waals surface area contributed by atoms with Gasteiger partial charge in [-0.1, -0.05) is 0 Å². The van der Waals surface area contributed by atoms with Gasteiger partial charge in [0.1, 0.15) is 12.1 Å². The minimum absolute atomic E-state index is 0.532. The molecule has 2 aromatic rings. The van der Waals surface area contributed by atoms with Crippen molar-refractivity contribution in [3.8, 4) is 0 Å². The molecule has 1 saturated heterocycles. The molecule has 23 heavy (non-hydrogen) atoms. The second-order valence-corrected chi connectivity index (χ2v) is 6.28. The Bertz CT molecular complexity index is 634. The summed E-state index contributed by atoms with van der Waals surface area (Å²) in [6, 6.07) is 2.58. The SMILES string of the molecule is Cc1cnc(CN2CCC(N(C)c3cc(C)ncn3)CC2)cn1. The first-order valence-corrected chi connectivity index (χ1v) is 8.13. The highest BCUT2D eigenvalue weighted by Crippen LogP contribution is 2.21. The molecule has 3 rings (SSSR count). The topological polar surface area (TPSA) is 58.0 Å². The fourth-order valence-corrected chi connectivity index (χ4v) is 3.02. The van der Waals surface area contributed by atoms with E-state index in [0.29, 0.717) is 6.04 Å². The summed E-state index contributed by atoms with van der Waals surface area (Å²) in [5.74, 6) is 1.01. The van der Waals surface area contributed by atoms with Crippen molar-refractivity contribution in [3.63, 3.8) is 0 Å². The highest BCUT2D eigenvalue weighted by atomic mass is 15.2. The second kappa shape index (κ2) is 7.00. The molecule has 0 aliphatic carbocycles. The molecule has 0 radical (unpaired) electrons. The van der Waals surface area contributed by atoms with Crippen LogP contribution in [0, 0.1) is 13.8 Å². The summed E-state index contributed by atoms with van der Waals surface area (Å²) in [6.07, 6.45) is 7.65. The van der Waals surface area contributed by atoms with Gasteiger partial charge in [-0.05, 0) is 26.7 Å². The molecule has 0 amide bonds. The van der Waals surface area contributed by atoms with Crippen molar-refractivity contribution in [2.24, 2.45) is 0 Å². The van der Waals surface area contributed by atoms with Crippen LogP contribution >= 0.6 is 0 Å². The van der Waals surface area contributed by atoms with Crippen LogP contribution in [-0.4, -0.2) is 51.0 Å². The van der Waals surface area contributed by atoms with Crippen molar-refractivity contribution in [2.75, 3.05) is 25.0 Å². The van der Waals surface area contributed by atoms with Gasteiger partial charge < -0.3 is 4.90 Å². The maximum Gasteiger partial charge on any atom is 0.132 e. The molecule has 0 aromatic carbocycles. The number of anilines is 1. The molecule has 0 bridgehead atoms. The highest BCUT2D eigenvalue weighted by molar-refractivity contribution is 5.39. The Kier molecular flexibility index (Phi) is 4.81. The molecule has 6 nitrogen and oxygen atoms in total. The van der Waals surface area contributed by atoms with E-state index in [1.807, 2.05) is 32.3 Å². The molecule has 0 atom stereocenters. The summed E-state index contributed by atoms with van der Waals surface area (Å²) in [5.41, 5.74) is 3.03. The van der Waals surface area contributed by atoms with Crippen LogP contribution in [0.5, 0.6) is 0 Å². The van der Waals surface area contributed by atoms with Crippen LogP contribution in [0.1, 0.15) is 29.9 Å². The lowest BCUT2D eigenvalue weighted by molar-refractivity contribution is 0.201. The van der Waals surface area contributed by atoms with E-state index in [4.69, 9.17) is 0 Å². The van der Waals surface area contributed by atoms with Gasteiger partial charge in [-0.15, -0.1) is 0 Å². The Morgan fingerprint density at radius 2 is 1.83 bits per heavy atom. The average Bonchev–Trinajstić information content (AvgIpc) is 2.57. The summed E-state index contributed by atoms with van der Waals surface area (Å²) >= 11 is 0. The number of aromatic nitrogens is 4. The first-order chi connectivity index (χ1) is 11.1. The highest BCUT2D eigenvalue weighted by Gasteiger charge is 2.23. The monoisotopic (exact) mass is 312 g/mol. The van der Waals surface area contributed by atoms with Crippen molar-refractivity contribution >= 4 is 5.82 Å². The fraction of sp³-hybridized carbons (Fsp3) is 0.529. The molecule has 0 saturated carbocycles. The van der Waals surface area contributed by atoms with Crippen LogP contribution in [0.15, 0.2) is 24.8 Å². The van der Waals surface area contributed by atoms with Crippen LogP contribution in [0.2, 0.25) is 0 Å². The Hall–Kier alpha value is -2.08. The molecular formula is C17H24N6. The van der Waals surface area contributed by atoms with Crippen LogP contribution in [0.25, 0.3) is 0 Å². The zero-order valence-corrected chi connectivity index (χ0v) is 14.1. The van der Waals surface area contributed by atoms with Crippen LogP contribution in [-0.2, 0) is 6.54 Å². The van der Waals surface area contributed by atoms with Gasteiger partial charge in [-0.2, -0.15) is 0 Å². The predicted octanol–water partition coefficient (Wildman–Crippen LogP) is 1.98. The summed E-state index contributed by atoms with van der Waals surface area (Å²) in [4.78, 5) is 22.1. The maximum atomic E-state index is 4.45. The van der Waals surface area contributed by atoms with Gasteiger partial charge in [0.25, 0.3) is 0 Å². The standard InChI is InChI=1S/C17H24N6/c1-13-8-17(21-12-20-13)22(3)16-4-6-23(7-5-16)11-15-10-18-14(2)9-19-15/h8-10,12,16H,4-7,11H2,1-3H3. The summed E-state index contributed by atoms with van der Waals surface area (Å²) in [7, 11) is 2.13. The molecule has 2 aromatic heterocycles. The molecule has 0 N–H and O–H groups in total. The smallest absolute Gasteiger partial charge is 0.132 e. The first-order valence-electron chi connectivity index (χ1n) is 8.13. The van der Waals surface area contributed by atoms with Gasteiger partial charge in [0.2, 0.25) is 0 Å². The van der Waals surface area contributed by atoms with E-state index in [-0.39, 0.29) is 0 Å². The quantitative estimate of drug-likeness (QED) is 0.860. The lowest BCUT2D eigenvalue weighted by Crippen LogP contribution is -2.43. The van der Waals surface area contributed by atoms with E-state index in [9.17, 15) is 0 Å². The number of rotatable bonds is 4. The van der Waals surface area contributed by atoms with Gasteiger partial charge in [-0.3, -0.25) is 14.9 Å². The van der Waals surface area contributed by atoms with Crippen LogP contribution < -0.4 is 4.90 Å². The number of nitrogens with zero attached hydrogens (tertiary/aromatic N) is 6. The minimum atomic E-state index is 0.532. The van der Waals surface area contributed by atoms with Crippen molar-refractivity contribution in [2.45, 2.75) is 39.3 Å². The summed E-state index contributed by atoms with van der Waals surface area (Å²) in [5, 5.41) is 0.